The zero-order chi connectivity index (χ0) is 21.2. The molecule has 7 heteroatoms. The molecule has 0 radical (unpaired) electrons. The lowest BCUT2D eigenvalue weighted by atomic mass is 10.00. The molecule has 0 bridgehead atoms. The van der Waals surface area contributed by atoms with E-state index in [1.165, 1.54) is 22.1 Å². The Labute approximate surface area is 179 Å². The van der Waals surface area contributed by atoms with Crippen molar-refractivity contribution in [1.29, 1.82) is 0 Å². The van der Waals surface area contributed by atoms with Crippen LogP contribution < -0.4 is 5.56 Å². The van der Waals surface area contributed by atoms with Crippen LogP contribution in [0.4, 0.5) is 0 Å². The van der Waals surface area contributed by atoms with E-state index >= 15 is 0 Å². The van der Waals surface area contributed by atoms with Gasteiger partial charge in [0, 0.05) is 43.0 Å². The number of aromatic nitrogens is 4. The topological polar surface area (TPSA) is 84.1 Å². The molecule has 0 amide bonds. The van der Waals surface area contributed by atoms with E-state index < -0.39 is 6.10 Å². The van der Waals surface area contributed by atoms with Crippen molar-refractivity contribution < 1.29 is 5.11 Å². The third kappa shape index (κ3) is 4.10. The number of benzene rings is 2. The summed E-state index contributed by atoms with van der Waals surface area (Å²) in [6.07, 6.45) is 6.93. The minimum absolute atomic E-state index is 0.168. The maximum absolute atomic E-state index is 12.9. The highest BCUT2D eigenvalue weighted by Gasteiger charge is 2.19. The molecule has 0 saturated heterocycles. The normalized spacial score (nSPS) is 15.0. The first-order chi connectivity index (χ1) is 15.2. The Morgan fingerprint density at radius 1 is 0.968 bits per heavy atom. The van der Waals surface area contributed by atoms with Crippen molar-refractivity contribution in [2.24, 2.45) is 0 Å². The first-order valence-electron chi connectivity index (χ1n) is 10.4. The van der Waals surface area contributed by atoms with Crippen molar-refractivity contribution in [3.63, 3.8) is 0 Å². The Bertz CT molecular complexity index is 1270. The molecule has 0 fully saturated rings. The van der Waals surface area contributed by atoms with E-state index in [4.69, 9.17) is 0 Å². The van der Waals surface area contributed by atoms with Crippen LogP contribution in [0, 0.1) is 0 Å². The summed E-state index contributed by atoms with van der Waals surface area (Å²) >= 11 is 0. The van der Waals surface area contributed by atoms with Crippen molar-refractivity contribution >= 4 is 10.8 Å². The molecular formula is C24H23N5O2. The molecule has 7 nitrogen and oxygen atoms in total. The van der Waals surface area contributed by atoms with E-state index in [0.29, 0.717) is 11.9 Å². The Morgan fingerprint density at radius 3 is 2.61 bits per heavy atom. The fraction of sp³-hybridized carbons (Fsp3) is 0.250. The quantitative estimate of drug-likeness (QED) is 0.540. The highest BCUT2D eigenvalue weighted by molar-refractivity contribution is 5.85. The summed E-state index contributed by atoms with van der Waals surface area (Å²) in [5.41, 5.74) is 4.30. The van der Waals surface area contributed by atoms with Gasteiger partial charge in [-0.25, -0.2) is 14.6 Å². The summed E-state index contributed by atoms with van der Waals surface area (Å²) in [7, 11) is 0. The van der Waals surface area contributed by atoms with Gasteiger partial charge in [-0.1, -0.05) is 30.3 Å². The van der Waals surface area contributed by atoms with Crippen LogP contribution in [-0.2, 0) is 19.5 Å². The van der Waals surface area contributed by atoms with E-state index in [1.807, 2.05) is 18.2 Å². The largest absolute Gasteiger partial charge is 0.390 e. The minimum Gasteiger partial charge on any atom is -0.390 e. The van der Waals surface area contributed by atoms with Gasteiger partial charge in [0.2, 0.25) is 0 Å². The third-order valence-corrected chi connectivity index (χ3v) is 5.81. The second-order valence-electron chi connectivity index (χ2n) is 7.97. The van der Waals surface area contributed by atoms with E-state index in [-0.39, 0.29) is 12.1 Å². The molecule has 3 heterocycles. The highest BCUT2D eigenvalue weighted by atomic mass is 16.3. The minimum atomic E-state index is -0.673. The molecule has 1 aliphatic heterocycles. The second kappa shape index (κ2) is 8.37. The molecule has 31 heavy (non-hydrogen) atoms. The molecule has 2 aromatic carbocycles. The molecule has 0 spiro atoms. The Kier molecular flexibility index (Phi) is 5.28. The van der Waals surface area contributed by atoms with Crippen molar-refractivity contribution in [3.05, 3.63) is 88.9 Å². The summed E-state index contributed by atoms with van der Waals surface area (Å²) in [5, 5.41) is 16.3. The number of hydrogen-bond donors (Lipinski definition) is 1. The number of nitrogens with zero attached hydrogens (tertiary/aromatic N) is 5. The lowest BCUT2D eigenvalue weighted by Gasteiger charge is -2.30. The molecule has 1 aliphatic rings. The molecule has 1 atom stereocenters. The van der Waals surface area contributed by atoms with E-state index in [0.717, 1.165) is 36.0 Å². The zero-order valence-corrected chi connectivity index (χ0v) is 17.1. The summed E-state index contributed by atoms with van der Waals surface area (Å²) in [4.78, 5) is 23.2. The van der Waals surface area contributed by atoms with Gasteiger partial charge in [0.05, 0.1) is 24.2 Å². The Balaban J connectivity index is 1.31. The summed E-state index contributed by atoms with van der Waals surface area (Å²) in [6, 6.07) is 14.0. The maximum Gasteiger partial charge on any atom is 0.274 e. The molecule has 1 N–H and O–H groups in total. The monoisotopic (exact) mass is 413 g/mol. The fourth-order valence-corrected chi connectivity index (χ4v) is 4.21. The average molecular weight is 413 g/mol. The Hall–Kier alpha value is -3.42. The van der Waals surface area contributed by atoms with Gasteiger partial charge in [-0.2, -0.15) is 5.10 Å². The first kappa shape index (κ1) is 19.5. The lowest BCUT2D eigenvalue weighted by molar-refractivity contribution is 0.0878. The number of β-amino-alcohol motifs (C(OH)–C–C–N with tert-alkyl or cyclic N) is 1. The van der Waals surface area contributed by atoms with Gasteiger partial charge >= 0.3 is 0 Å². The van der Waals surface area contributed by atoms with Crippen molar-refractivity contribution in [2.75, 3.05) is 13.1 Å². The van der Waals surface area contributed by atoms with E-state index in [9.17, 15) is 9.90 Å². The molecular weight excluding hydrogens is 390 g/mol. The fourth-order valence-electron chi connectivity index (χ4n) is 4.21. The van der Waals surface area contributed by atoms with Crippen LogP contribution >= 0.6 is 0 Å². The van der Waals surface area contributed by atoms with Crippen molar-refractivity contribution in [1.82, 2.24) is 24.6 Å². The summed E-state index contributed by atoms with van der Waals surface area (Å²) in [6.45, 7) is 2.40. The van der Waals surface area contributed by atoms with Crippen LogP contribution in [0.2, 0.25) is 0 Å². The van der Waals surface area contributed by atoms with Gasteiger partial charge in [0.15, 0.2) is 0 Å². The Morgan fingerprint density at radius 2 is 1.77 bits per heavy atom. The smallest absolute Gasteiger partial charge is 0.274 e. The van der Waals surface area contributed by atoms with Crippen LogP contribution in [0.1, 0.15) is 11.1 Å². The van der Waals surface area contributed by atoms with E-state index in [1.54, 1.807) is 24.7 Å². The van der Waals surface area contributed by atoms with Crippen LogP contribution in [0.15, 0.2) is 72.2 Å². The number of aliphatic hydroxyl groups is 1. The third-order valence-electron chi connectivity index (χ3n) is 5.81. The first-order valence-corrected chi connectivity index (χ1v) is 10.4. The molecule has 2 aromatic heterocycles. The van der Waals surface area contributed by atoms with Gasteiger partial charge in [-0.3, -0.25) is 9.69 Å². The van der Waals surface area contributed by atoms with Crippen LogP contribution in [0.3, 0.4) is 0 Å². The van der Waals surface area contributed by atoms with Crippen molar-refractivity contribution in [2.45, 2.75) is 25.6 Å². The maximum atomic E-state index is 12.9. The van der Waals surface area contributed by atoms with Crippen LogP contribution in [0.25, 0.3) is 21.9 Å². The average Bonchev–Trinajstić information content (AvgIpc) is 2.81. The van der Waals surface area contributed by atoms with Crippen molar-refractivity contribution in [3.8, 4) is 11.1 Å². The second-order valence-corrected chi connectivity index (χ2v) is 7.97. The lowest BCUT2D eigenvalue weighted by Crippen LogP contribution is -2.40. The molecule has 0 saturated carbocycles. The van der Waals surface area contributed by atoms with Gasteiger partial charge in [0.25, 0.3) is 5.56 Å². The predicted octanol–water partition coefficient (Wildman–Crippen LogP) is 2.27. The summed E-state index contributed by atoms with van der Waals surface area (Å²) in [5.74, 6) is 0. The highest BCUT2D eigenvalue weighted by Crippen LogP contribution is 2.21. The molecule has 4 aromatic rings. The number of rotatable bonds is 5. The van der Waals surface area contributed by atoms with Crippen LogP contribution in [0.5, 0.6) is 0 Å². The van der Waals surface area contributed by atoms with E-state index in [2.05, 4.69) is 38.2 Å². The van der Waals surface area contributed by atoms with Crippen LogP contribution in [-0.4, -0.2) is 48.9 Å². The van der Waals surface area contributed by atoms with Gasteiger partial charge < -0.3 is 5.11 Å². The number of hydrogen-bond acceptors (Lipinski definition) is 6. The molecule has 5 rings (SSSR count). The SMILES string of the molecule is O=c1c2ccc(-c3cncnc3)cc2cnn1C[C@H](O)CN1CCc2ccccc2C1. The predicted molar refractivity (Wildman–Crippen MR) is 118 cm³/mol. The van der Waals surface area contributed by atoms with Gasteiger partial charge in [0.1, 0.15) is 6.33 Å². The number of aliphatic hydroxyl groups excluding tert-OH is 1. The molecule has 156 valence electrons. The molecule has 0 aliphatic carbocycles. The number of fused-ring (bicyclic) bond motifs is 2. The standard InChI is InChI=1S/C24H23N5O2/c30-22(14-28-8-7-17-3-1-2-4-19(17)13-28)15-29-24(31)23-6-5-18(9-20(23)12-27-29)21-10-25-16-26-11-21/h1-6,9-12,16,22,30H,7-8,13-15H2/t22-/m1/s1. The summed E-state index contributed by atoms with van der Waals surface area (Å²) < 4.78 is 1.36. The van der Waals surface area contributed by atoms with Gasteiger partial charge in [-0.15, -0.1) is 0 Å². The zero-order valence-electron chi connectivity index (χ0n) is 17.1. The van der Waals surface area contributed by atoms with Gasteiger partial charge in [-0.05, 0) is 35.2 Å². The molecule has 0 unspecified atom stereocenters.